The number of amides is 1. The van der Waals surface area contributed by atoms with Crippen molar-refractivity contribution in [2.75, 3.05) is 0 Å². The number of hydrogen-bond acceptors (Lipinski definition) is 3. The van der Waals surface area contributed by atoms with Gasteiger partial charge in [-0.1, -0.05) is 31.5 Å². The molecule has 0 fully saturated rings. The van der Waals surface area contributed by atoms with Gasteiger partial charge in [0.2, 0.25) is 0 Å². The van der Waals surface area contributed by atoms with Crippen molar-refractivity contribution in [2.45, 2.75) is 32.7 Å². The van der Waals surface area contributed by atoms with Gasteiger partial charge in [-0.2, -0.15) is 0 Å². The van der Waals surface area contributed by atoms with Gasteiger partial charge in [0.15, 0.2) is 6.04 Å². The van der Waals surface area contributed by atoms with E-state index in [1.54, 1.807) is 13.0 Å². The minimum Gasteiger partial charge on any atom is -0.479 e. The van der Waals surface area contributed by atoms with Crippen LogP contribution in [-0.2, 0) is 4.79 Å². The van der Waals surface area contributed by atoms with Crippen LogP contribution in [0.1, 0.15) is 53.2 Å². The molecule has 1 amide bonds. The predicted molar refractivity (Wildman–Crippen MR) is 86.8 cm³/mol. The van der Waals surface area contributed by atoms with Gasteiger partial charge >= 0.3 is 5.97 Å². The third kappa shape index (κ3) is 3.76. The summed E-state index contributed by atoms with van der Waals surface area (Å²) in [5, 5.41) is 11.6. The summed E-state index contributed by atoms with van der Waals surface area (Å²) in [6, 6.07) is 3.77. The lowest BCUT2D eigenvalue weighted by Crippen LogP contribution is -2.34. The Morgan fingerprint density at radius 2 is 1.96 bits per heavy atom. The Morgan fingerprint density at radius 1 is 1.29 bits per heavy atom. The Bertz CT molecular complexity index is 785. The number of carboxylic acids is 1. The number of carbonyl (C=O) groups is 2. The zero-order valence-corrected chi connectivity index (χ0v) is 14.1. The van der Waals surface area contributed by atoms with Crippen LogP contribution in [0.15, 0.2) is 28.7 Å². The number of halogens is 2. The minimum atomic E-state index is -1.40. The molecule has 0 aliphatic heterocycles. The highest BCUT2D eigenvalue weighted by Gasteiger charge is 2.26. The van der Waals surface area contributed by atoms with Gasteiger partial charge in [-0.15, -0.1) is 0 Å². The lowest BCUT2D eigenvalue weighted by Gasteiger charge is -2.15. The summed E-state index contributed by atoms with van der Waals surface area (Å²) >= 11 is 5.60. The highest BCUT2D eigenvalue weighted by molar-refractivity contribution is 6.30. The van der Waals surface area contributed by atoms with Crippen LogP contribution < -0.4 is 5.32 Å². The molecule has 1 unspecified atom stereocenters. The molecule has 0 aliphatic carbocycles. The van der Waals surface area contributed by atoms with Crippen molar-refractivity contribution in [3.05, 3.63) is 57.8 Å². The van der Waals surface area contributed by atoms with Gasteiger partial charge in [0, 0.05) is 5.92 Å². The minimum absolute atomic E-state index is 0.0861. The second-order valence-corrected chi connectivity index (χ2v) is 6.10. The summed E-state index contributed by atoms with van der Waals surface area (Å²) in [4.78, 5) is 23.9. The van der Waals surface area contributed by atoms with Gasteiger partial charge in [-0.05, 0) is 30.7 Å². The molecular formula is C17H17ClFNO4. The van der Waals surface area contributed by atoms with Crippen LogP contribution in [0.4, 0.5) is 4.39 Å². The fourth-order valence-corrected chi connectivity index (χ4v) is 2.32. The second-order valence-electron chi connectivity index (χ2n) is 5.69. The number of carboxylic acid groups (broad SMARTS) is 1. The van der Waals surface area contributed by atoms with Gasteiger partial charge in [0.25, 0.3) is 5.91 Å². The topological polar surface area (TPSA) is 79.5 Å². The number of furan rings is 1. The molecule has 7 heteroatoms. The molecule has 1 atom stereocenters. The zero-order valence-electron chi connectivity index (χ0n) is 13.4. The van der Waals surface area contributed by atoms with Crippen LogP contribution in [0.5, 0.6) is 0 Å². The molecular weight excluding hydrogens is 337 g/mol. The Hall–Kier alpha value is -2.34. The van der Waals surface area contributed by atoms with Crippen molar-refractivity contribution in [3.63, 3.8) is 0 Å². The number of hydrogen-bond donors (Lipinski definition) is 2. The maximum Gasteiger partial charge on any atom is 0.330 e. The average molecular weight is 354 g/mol. The second kappa shape index (κ2) is 7.05. The first-order valence-electron chi connectivity index (χ1n) is 7.29. The van der Waals surface area contributed by atoms with Gasteiger partial charge < -0.3 is 14.8 Å². The van der Waals surface area contributed by atoms with E-state index in [1.807, 2.05) is 13.8 Å². The number of aryl methyl sites for hydroxylation is 1. The van der Waals surface area contributed by atoms with Crippen molar-refractivity contribution in [2.24, 2.45) is 0 Å². The van der Waals surface area contributed by atoms with E-state index in [0.717, 1.165) is 6.07 Å². The Morgan fingerprint density at radius 3 is 2.46 bits per heavy atom. The number of aliphatic carboxylic acids is 1. The Balaban J connectivity index is 2.29. The first-order chi connectivity index (χ1) is 11.2. The first-order valence-corrected chi connectivity index (χ1v) is 7.67. The van der Waals surface area contributed by atoms with Crippen molar-refractivity contribution in [1.29, 1.82) is 0 Å². The number of rotatable bonds is 5. The summed E-state index contributed by atoms with van der Waals surface area (Å²) < 4.78 is 19.1. The molecule has 0 saturated carbocycles. The smallest absolute Gasteiger partial charge is 0.330 e. The highest BCUT2D eigenvalue weighted by atomic mass is 35.5. The molecule has 0 saturated heterocycles. The standard InChI is InChI=1S/C17H17ClFNO4/c1-8(2)14-7-11(9(3)24-14)16(21)20-15(17(22)23)10-4-5-12(18)13(19)6-10/h4-8,15H,1-3H3,(H,20,21)(H,22,23). The fraction of sp³-hybridized carbons (Fsp3) is 0.294. The summed E-state index contributed by atoms with van der Waals surface area (Å²) in [6.07, 6.45) is 0. The first kappa shape index (κ1) is 18.0. The van der Waals surface area contributed by atoms with Gasteiger partial charge in [0.05, 0.1) is 10.6 Å². The molecule has 1 heterocycles. The van der Waals surface area contributed by atoms with E-state index in [-0.39, 0.29) is 22.1 Å². The van der Waals surface area contributed by atoms with E-state index in [0.29, 0.717) is 11.5 Å². The number of nitrogens with one attached hydrogen (secondary N) is 1. The number of benzene rings is 1. The van der Waals surface area contributed by atoms with E-state index in [4.69, 9.17) is 16.0 Å². The van der Waals surface area contributed by atoms with Crippen LogP contribution in [0.25, 0.3) is 0 Å². The summed E-state index contributed by atoms with van der Waals surface area (Å²) in [6.45, 7) is 5.45. The lowest BCUT2D eigenvalue weighted by molar-refractivity contribution is -0.139. The number of carbonyl (C=O) groups excluding carboxylic acids is 1. The molecule has 24 heavy (non-hydrogen) atoms. The van der Waals surface area contributed by atoms with Crippen LogP contribution in [0.3, 0.4) is 0 Å². The van der Waals surface area contributed by atoms with Crippen molar-refractivity contribution < 1.29 is 23.5 Å². The molecule has 1 aromatic heterocycles. The van der Waals surface area contributed by atoms with E-state index in [2.05, 4.69) is 5.32 Å². The summed E-state index contributed by atoms with van der Waals surface area (Å²) in [7, 11) is 0. The quantitative estimate of drug-likeness (QED) is 0.849. The van der Waals surface area contributed by atoms with E-state index < -0.39 is 23.7 Å². The Labute approximate surface area is 143 Å². The highest BCUT2D eigenvalue weighted by Crippen LogP contribution is 2.24. The molecule has 0 spiro atoms. The predicted octanol–water partition coefficient (Wildman–Crippen LogP) is 4.06. The Kier molecular flexibility index (Phi) is 5.29. The average Bonchev–Trinajstić information content (AvgIpc) is 2.89. The fourth-order valence-electron chi connectivity index (χ4n) is 2.20. The molecule has 128 valence electrons. The lowest BCUT2D eigenvalue weighted by atomic mass is 10.1. The molecule has 1 aromatic carbocycles. The van der Waals surface area contributed by atoms with Crippen LogP contribution in [0, 0.1) is 12.7 Å². The van der Waals surface area contributed by atoms with Gasteiger partial charge in [0.1, 0.15) is 17.3 Å². The molecule has 2 rings (SSSR count). The molecule has 2 N–H and O–H groups in total. The third-order valence-electron chi connectivity index (χ3n) is 3.55. The summed E-state index contributed by atoms with van der Waals surface area (Å²) in [5.74, 6) is -1.56. The molecule has 2 aromatic rings. The normalized spacial score (nSPS) is 12.2. The van der Waals surface area contributed by atoms with Crippen molar-refractivity contribution >= 4 is 23.5 Å². The van der Waals surface area contributed by atoms with Crippen LogP contribution in [0.2, 0.25) is 5.02 Å². The van der Waals surface area contributed by atoms with Crippen molar-refractivity contribution in [1.82, 2.24) is 5.32 Å². The van der Waals surface area contributed by atoms with Gasteiger partial charge in [-0.3, -0.25) is 4.79 Å². The third-order valence-corrected chi connectivity index (χ3v) is 3.86. The maximum absolute atomic E-state index is 13.6. The SMILES string of the molecule is Cc1oc(C(C)C)cc1C(=O)NC(C(=O)O)c1ccc(Cl)c(F)c1. The van der Waals surface area contributed by atoms with Crippen LogP contribution >= 0.6 is 11.6 Å². The molecule has 0 radical (unpaired) electrons. The maximum atomic E-state index is 13.6. The molecule has 0 aliphatic rings. The zero-order chi connectivity index (χ0) is 18.0. The van der Waals surface area contributed by atoms with E-state index >= 15 is 0 Å². The van der Waals surface area contributed by atoms with Crippen LogP contribution in [-0.4, -0.2) is 17.0 Å². The monoisotopic (exact) mass is 353 g/mol. The molecule has 5 nitrogen and oxygen atoms in total. The molecule has 0 bridgehead atoms. The van der Waals surface area contributed by atoms with Gasteiger partial charge in [-0.25, -0.2) is 9.18 Å². The van der Waals surface area contributed by atoms with E-state index in [1.165, 1.54) is 12.1 Å². The largest absolute Gasteiger partial charge is 0.479 e. The van der Waals surface area contributed by atoms with Crippen molar-refractivity contribution in [3.8, 4) is 0 Å². The van der Waals surface area contributed by atoms with E-state index in [9.17, 15) is 19.1 Å². The summed E-state index contributed by atoms with van der Waals surface area (Å²) in [5.41, 5.74) is 0.336.